The van der Waals surface area contributed by atoms with E-state index in [1.165, 1.54) is 0 Å². The molecule has 0 aliphatic rings. The SMILES string of the molecule is Cc1cc2ccccc2nc1O.Cc1cc2ccccc2nc1O.[CH3][Al]. The molecule has 0 saturated carbocycles. The van der Waals surface area contributed by atoms with Gasteiger partial charge in [0.15, 0.2) is 0 Å². The van der Waals surface area contributed by atoms with Gasteiger partial charge < -0.3 is 10.2 Å². The minimum absolute atomic E-state index is 0.119. The molecule has 2 aromatic carbocycles. The predicted octanol–water partition coefficient (Wildman–Crippen LogP) is 4.70. The number of aromatic hydroxyl groups is 2. The van der Waals surface area contributed by atoms with Crippen LogP contribution in [0, 0.1) is 13.8 Å². The van der Waals surface area contributed by atoms with Gasteiger partial charge in [-0.25, -0.2) is 9.97 Å². The number of pyridine rings is 2. The van der Waals surface area contributed by atoms with Gasteiger partial charge in [-0.3, -0.25) is 0 Å². The molecule has 4 aromatic rings. The van der Waals surface area contributed by atoms with E-state index < -0.39 is 0 Å². The predicted molar refractivity (Wildman–Crippen MR) is 108 cm³/mol. The molecule has 26 heavy (non-hydrogen) atoms. The van der Waals surface area contributed by atoms with Crippen molar-refractivity contribution in [3.8, 4) is 11.8 Å². The van der Waals surface area contributed by atoms with Crippen LogP contribution in [0.25, 0.3) is 21.8 Å². The summed E-state index contributed by atoms with van der Waals surface area (Å²) in [5.74, 6) is 2.16. The van der Waals surface area contributed by atoms with Gasteiger partial charge in [-0.1, -0.05) is 36.4 Å². The summed E-state index contributed by atoms with van der Waals surface area (Å²) < 4.78 is 0. The van der Waals surface area contributed by atoms with Crippen LogP contribution in [-0.4, -0.2) is 36.5 Å². The molecule has 4 nitrogen and oxygen atoms in total. The standard InChI is InChI=1S/2C10H9NO.CH3.Al/c2*1-7-6-8-4-2-3-5-9(8)11-10(7)12;;/h2*2-6H,1H3,(H,11,12);1H3;. The van der Waals surface area contributed by atoms with Crippen LogP contribution in [0.5, 0.6) is 11.8 Å². The van der Waals surface area contributed by atoms with E-state index >= 15 is 0 Å². The zero-order valence-corrected chi connectivity index (χ0v) is 16.3. The lowest BCUT2D eigenvalue weighted by molar-refractivity contribution is 0.451. The number of hydrogen-bond donors (Lipinski definition) is 2. The van der Waals surface area contributed by atoms with E-state index in [1.54, 1.807) is 0 Å². The molecule has 2 heterocycles. The minimum atomic E-state index is 0.119. The Bertz CT molecular complexity index is 855. The van der Waals surface area contributed by atoms with E-state index in [2.05, 4.69) is 26.3 Å². The van der Waals surface area contributed by atoms with Gasteiger partial charge in [-0.15, -0.1) is 5.79 Å². The first-order chi connectivity index (χ1) is 12.5. The molecule has 0 bridgehead atoms. The van der Waals surface area contributed by atoms with Gasteiger partial charge in [0, 0.05) is 21.9 Å². The van der Waals surface area contributed by atoms with Crippen LogP contribution in [0.3, 0.4) is 0 Å². The molecule has 0 saturated heterocycles. The average molecular weight is 360 g/mol. The summed E-state index contributed by atoms with van der Waals surface area (Å²) >= 11 is 2.42. The second kappa shape index (κ2) is 9.19. The van der Waals surface area contributed by atoms with Crippen molar-refractivity contribution in [3.63, 3.8) is 0 Å². The normalized spacial score (nSPS) is 9.81. The number of benzene rings is 2. The molecule has 4 rings (SSSR count). The van der Waals surface area contributed by atoms with Gasteiger partial charge in [0.1, 0.15) is 16.3 Å². The fraction of sp³-hybridized carbons (Fsp3) is 0.143. The fourth-order valence-electron chi connectivity index (χ4n) is 2.42. The Labute approximate surface area is 161 Å². The fourth-order valence-corrected chi connectivity index (χ4v) is 2.42. The van der Waals surface area contributed by atoms with Crippen molar-refractivity contribution in [1.82, 2.24) is 9.97 Å². The maximum absolute atomic E-state index is 9.31. The first-order valence-corrected chi connectivity index (χ1v) is 9.38. The summed E-state index contributed by atoms with van der Waals surface area (Å²) in [6, 6.07) is 19.3. The summed E-state index contributed by atoms with van der Waals surface area (Å²) in [7, 11) is 0. The number of hydrogen-bond acceptors (Lipinski definition) is 4. The molecule has 0 aliphatic heterocycles. The smallest absolute Gasteiger partial charge is 0.214 e. The monoisotopic (exact) mass is 360 g/mol. The van der Waals surface area contributed by atoms with Crippen LogP contribution in [0.4, 0.5) is 0 Å². The Morgan fingerprint density at radius 2 is 1.00 bits per heavy atom. The highest BCUT2D eigenvalue weighted by molar-refractivity contribution is 6.05. The van der Waals surface area contributed by atoms with Gasteiger partial charge >= 0.3 is 0 Å². The van der Waals surface area contributed by atoms with E-state index in [9.17, 15) is 10.2 Å². The van der Waals surface area contributed by atoms with Crippen LogP contribution in [0.15, 0.2) is 60.7 Å². The summed E-state index contributed by atoms with van der Waals surface area (Å²) in [5.41, 5.74) is 3.30. The van der Waals surface area contributed by atoms with E-state index in [0.717, 1.165) is 32.9 Å². The largest absolute Gasteiger partial charge is 0.493 e. The summed E-state index contributed by atoms with van der Waals surface area (Å²) in [6.07, 6.45) is 0. The molecule has 2 aromatic heterocycles. The van der Waals surface area contributed by atoms with Crippen molar-refractivity contribution in [1.29, 1.82) is 0 Å². The summed E-state index contributed by atoms with van der Waals surface area (Å²) in [4.78, 5) is 8.06. The third-order valence-electron chi connectivity index (χ3n) is 3.78. The molecule has 0 unspecified atom stereocenters. The lowest BCUT2D eigenvalue weighted by Crippen LogP contribution is -1.82. The van der Waals surface area contributed by atoms with E-state index in [4.69, 9.17) is 0 Å². The van der Waals surface area contributed by atoms with E-state index in [-0.39, 0.29) is 11.8 Å². The van der Waals surface area contributed by atoms with Gasteiger partial charge in [0.05, 0.1) is 11.0 Å². The number of rotatable bonds is 0. The van der Waals surface area contributed by atoms with Crippen molar-refractivity contribution in [2.45, 2.75) is 19.6 Å². The number of fused-ring (bicyclic) bond motifs is 2. The molecule has 0 spiro atoms. The topological polar surface area (TPSA) is 66.2 Å². The van der Waals surface area contributed by atoms with Crippen molar-refractivity contribution in [3.05, 3.63) is 71.8 Å². The molecule has 2 radical (unpaired) electrons. The molecule has 2 N–H and O–H groups in total. The second-order valence-electron chi connectivity index (χ2n) is 5.64. The van der Waals surface area contributed by atoms with Gasteiger partial charge in [-0.2, -0.15) is 0 Å². The number of aryl methyl sites for hydroxylation is 2. The number of nitrogens with zero attached hydrogens (tertiary/aromatic N) is 2. The maximum Gasteiger partial charge on any atom is 0.214 e. The van der Waals surface area contributed by atoms with Crippen LogP contribution in [-0.2, 0) is 0 Å². The Morgan fingerprint density at radius 1 is 0.654 bits per heavy atom. The second-order valence-corrected chi connectivity index (χ2v) is 5.64. The molecule has 5 heteroatoms. The van der Waals surface area contributed by atoms with Gasteiger partial charge in [0.25, 0.3) is 0 Å². The van der Waals surface area contributed by atoms with Gasteiger partial charge in [-0.05, 0) is 38.1 Å². The molecular weight excluding hydrogens is 339 g/mol. The highest BCUT2D eigenvalue weighted by Gasteiger charge is 2.00. The van der Waals surface area contributed by atoms with Crippen molar-refractivity contribution >= 4 is 38.1 Å². The van der Waals surface area contributed by atoms with Crippen LogP contribution in [0.2, 0.25) is 5.79 Å². The average Bonchev–Trinajstić information content (AvgIpc) is 2.66. The minimum Gasteiger partial charge on any atom is -0.493 e. The lowest BCUT2D eigenvalue weighted by Gasteiger charge is -2.00. The van der Waals surface area contributed by atoms with Crippen LogP contribution < -0.4 is 0 Å². The van der Waals surface area contributed by atoms with E-state index in [1.807, 2.05) is 80.3 Å². The lowest BCUT2D eigenvalue weighted by atomic mass is 10.2. The third-order valence-corrected chi connectivity index (χ3v) is 3.78. The summed E-state index contributed by atoms with van der Waals surface area (Å²) in [6.45, 7) is 3.68. The van der Waals surface area contributed by atoms with Crippen LogP contribution >= 0.6 is 0 Å². The Kier molecular flexibility index (Phi) is 6.97. The number of para-hydroxylation sites is 2. The Hall–Kier alpha value is -2.61. The quantitative estimate of drug-likeness (QED) is 0.446. The highest BCUT2D eigenvalue weighted by atomic mass is 27.0. The zero-order valence-electron chi connectivity index (χ0n) is 15.1. The maximum atomic E-state index is 9.31. The first kappa shape index (κ1) is 19.7. The Balaban J connectivity index is 0.000000171. The third kappa shape index (κ3) is 4.72. The zero-order chi connectivity index (χ0) is 19.1. The van der Waals surface area contributed by atoms with E-state index in [0.29, 0.717) is 0 Å². The molecule has 0 amide bonds. The number of aromatic nitrogens is 2. The molecule has 0 aliphatic carbocycles. The highest BCUT2D eigenvalue weighted by Crippen LogP contribution is 2.20. The van der Waals surface area contributed by atoms with Crippen LogP contribution in [0.1, 0.15) is 11.1 Å². The van der Waals surface area contributed by atoms with Crippen molar-refractivity contribution < 1.29 is 10.2 Å². The van der Waals surface area contributed by atoms with Crippen molar-refractivity contribution in [2.75, 3.05) is 0 Å². The van der Waals surface area contributed by atoms with Crippen molar-refractivity contribution in [2.24, 2.45) is 0 Å². The molecule has 0 fully saturated rings. The summed E-state index contributed by atoms with van der Waals surface area (Å²) in [5, 5.41) is 20.7. The molecule has 0 atom stereocenters. The van der Waals surface area contributed by atoms with Gasteiger partial charge in [0.2, 0.25) is 11.8 Å². The Morgan fingerprint density at radius 3 is 1.38 bits per heavy atom. The molecule has 130 valence electrons. The first-order valence-electron chi connectivity index (χ1n) is 8.23. The molecular formula is C21H21AlN2O2.